The molecule has 84 valence electrons. The fourth-order valence-electron chi connectivity index (χ4n) is 0.894. The molecule has 0 heterocycles. The molecule has 4 heteroatoms. The summed E-state index contributed by atoms with van der Waals surface area (Å²) in [7, 11) is 0. The molecule has 0 bridgehead atoms. The van der Waals surface area contributed by atoms with Crippen LogP contribution in [0.15, 0.2) is 0 Å². The molecule has 0 rings (SSSR count). The fourth-order valence-corrected chi connectivity index (χ4v) is 0.894. The number of carbonyl (C=O) groups is 1. The molecule has 0 aliphatic rings. The third kappa shape index (κ3) is 6.86. The Hall–Kier alpha value is -0.610. The second-order valence-corrected chi connectivity index (χ2v) is 4.92. The summed E-state index contributed by atoms with van der Waals surface area (Å²) in [4.78, 5) is 16.5. The van der Waals surface area contributed by atoms with Gasteiger partial charge in [0.15, 0.2) is 0 Å². The highest BCUT2D eigenvalue weighted by Gasteiger charge is 2.18. The predicted octanol–water partition coefficient (Wildman–Crippen LogP) is 1.21. The number of hydrogen-bond acceptors (Lipinski definition) is 3. The molecule has 0 saturated heterocycles. The molecule has 1 amide bonds. The van der Waals surface area contributed by atoms with Crippen molar-refractivity contribution in [3.63, 3.8) is 0 Å². The maximum Gasteiger partial charge on any atom is 0.260 e. The predicted molar refractivity (Wildman–Crippen MR) is 56.4 cm³/mol. The maximum absolute atomic E-state index is 11.4. The minimum atomic E-state index is -0.489. The third-order valence-corrected chi connectivity index (χ3v) is 1.52. The molecule has 0 saturated carbocycles. The monoisotopic (exact) mass is 202 g/mol. The molecule has 14 heavy (non-hydrogen) atoms. The summed E-state index contributed by atoms with van der Waals surface area (Å²) in [5.41, 5.74) is 7.64. The van der Waals surface area contributed by atoms with Crippen molar-refractivity contribution in [2.75, 3.05) is 0 Å². The van der Waals surface area contributed by atoms with E-state index in [1.165, 1.54) is 0 Å². The Morgan fingerprint density at radius 1 is 1.43 bits per heavy atom. The molecule has 0 spiro atoms. The van der Waals surface area contributed by atoms with Gasteiger partial charge < -0.3 is 5.73 Å². The molecular weight excluding hydrogens is 180 g/mol. The van der Waals surface area contributed by atoms with Crippen LogP contribution in [0.3, 0.4) is 0 Å². The summed E-state index contributed by atoms with van der Waals surface area (Å²) in [6, 6.07) is -0.489. The second kappa shape index (κ2) is 5.32. The van der Waals surface area contributed by atoms with Gasteiger partial charge in [0.1, 0.15) is 0 Å². The lowest BCUT2D eigenvalue weighted by molar-refractivity contribution is -0.147. The maximum atomic E-state index is 11.4. The van der Waals surface area contributed by atoms with E-state index in [1.807, 2.05) is 34.6 Å². The number of hydrogen-bond donors (Lipinski definition) is 2. The number of nitrogens with one attached hydrogen (secondary N) is 1. The van der Waals surface area contributed by atoms with E-state index >= 15 is 0 Å². The van der Waals surface area contributed by atoms with E-state index in [2.05, 4.69) is 5.48 Å². The Bertz CT molecular complexity index is 185. The number of amides is 1. The molecule has 3 N–H and O–H groups in total. The molecule has 4 nitrogen and oxygen atoms in total. The molecular formula is C10H22N2O2. The van der Waals surface area contributed by atoms with Crippen LogP contribution in [0, 0.1) is 5.92 Å². The van der Waals surface area contributed by atoms with Crippen molar-refractivity contribution < 1.29 is 9.63 Å². The Labute approximate surface area is 86.1 Å². The topological polar surface area (TPSA) is 64.4 Å². The van der Waals surface area contributed by atoms with Gasteiger partial charge in [0, 0.05) is 0 Å². The van der Waals surface area contributed by atoms with Crippen LogP contribution >= 0.6 is 0 Å². The molecule has 0 aliphatic heterocycles. The molecule has 0 fully saturated rings. The van der Waals surface area contributed by atoms with Gasteiger partial charge >= 0.3 is 0 Å². The van der Waals surface area contributed by atoms with E-state index in [-0.39, 0.29) is 11.5 Å². The largest absolute Gasteiger partial charge is 0.320 e. The Morgan fingerprint density at radius 3 is 2.29 bits per heavy atom. The summed E-state index contributed by atoms with van der Waals surface area (Å²) in [6.07, 6.45) is 0.666. The third-order valence-electron chi connectivity index (χ3n) is 1.52. The van der Waals surface area contributed by atoms with Crippen LogP contribution < -0.4 is 11.2 Å². The summed E-state index contributed by atoms with van der Waals surface area (Å²) in [6.45, 7) is 9.64. The van der Waals surface area contributed by atoms with Crippen molar-refractivity contribution in [3.05, 3.63) is 0 Å². The Balaban J connectivity index is 3.85. The lowest BCUT2D eigenvalue weighted by Crippen LogP contribution is -2.44. The van der Waals surface area contributed by atoms with E-state index in [9.17, 15) is 4.79 Å². The minimum Gasteiger partial charge on any atom is -0.320 e. The van der Waals surface area contributed by atoms with Crippen LogP contribution in [-0.4, -0.2) is 17.6 Å². The molecule has 0 aromatic rings. The van der Waals surface area contributed by atoms with Crippen LogP contribution in [0.1, 0.15) is 41.0 Å². The van der Waals surface area contributed by atoms with Gasteiger partial charge in [-0.2, -0.15) is 0 Å². The van der Waals surface area contributed by atoms with Gasteiger partial charge in [-0.25, -0.2) is 5.48 Å². The number of carbonyl (C=O) groups excluding carboxylic acids is 1. The smallest absolute Gasteiger partial charge is 0.260 e. The highest BCUT2D eigenvalue weighted by atomic mass is 16.7. The zero-order chi connectivity index (χ0) is 11.4. The van der Waals surface area contributed by atoms with Crippen molar-refractivity contribution in [3.8, 4) is 0 Å². The molecule has 0 radical (unpaired) electrons. The van der Waals surface area contributed by atoms with E-state index in [4.69, 9.17) is 10.6 Å². The average molecular weight is 202 g/mol. The molecule has 0 aromatic heterocycles. The lowest BCUT2D eigenvalue weighted by atomic mass is 10.0. The van der Waals surface area contributed by atoms with Crippen molar-refractivity contribution in [1.29, 1.82) is 0 Å². The first kappa shape index (κ1) is 13.4. The standard InChI is InChI=1S/C10H22N2O2/c1-7(2)6-8(11)9(13)12-14-10(3,4)5/h7-8H,6,11H2,1-5H3,(H,12,13)/t8-/m1/s1. The normalized spacial score (nSPS) is 14.2. The second-order valence-electron chi connectivity index (χ2n) is 4.92. The molecule has 0 unspecified atom stereocenters. The molecule has 0 aliphatic carbocycles. The van der Waals surface area contributed by atoms with E-state index in [1.54, 1.807) is 0 Å². The number of rotatable bonds is 4. The van der Waals surface area contributed by atoms with Gasteiger partial charge in [-0.05, 0) is 33.1 Å². The van der Waals surface area contributed by atoms with Gasteiger partial charge in [0.05, 0.1) is 11.6 Å². The summed E-state index contributed by atoms with van der Waals surface area (Å²) in [5, 5.41) is 0. The van der Waals surface area contributed by atoms with E-state index in [0.717, 1.165) is 0 Å². The zero-order valence-electron chi connectivity index (χ0n) is 9.76. The Kier molecular flexibility index (Phi) is 5.08. The summed E-state index contributed by atoms with van der Waals surface area (Å²) >= 11 is 0. The van der Waals surface area contributed by atoms with Gasteiger partial charge in [-0.15, -0.1) is 0 Å². The highest BCUT2D eigenvalue weighted by Crippen LogP contribution is 2.05. The highest BCUT2D eigenvalue weighted by molar-refractivity contribution is 5.80. The molecule has 1 atom stereocenters. The van der Waals surface area contributed by atoms with E-state index < -0.39 is 6.04 Å². The van der Waals surface area contributed by atoms with Gasteiger partial charge in [-0.1, -0.05) is 13.8 Å². The van der Waals surface area contributed by atoms with E-state index in [0.29, 0.717) is 12.3 Å². The zero-order valence-corrected chi connectivity index (χ0v) is 9.76. The van der Waals surface area contributed by atoms with Crippen molar-refractivity contribution in [2.24, 2.45) is 11.7 Å². The minimum absolute atomic E-state index is 0.256. The first-order chi connectivity index (χ1) is 6.22. The summed E-state index contributed by atoms with van der Waals surface area (Å²) in [5.74, 6) is 0.152. The number of nitrogens with two attached hydrogens (primary N) is 1. The van der Waals surface area contributed by atoms with Crippen LogP contribution in [0.25, 0.3) is 0 Å². The first-order valence-corrected chi connectivity index (χ1v) is 4.96. The first-order valence-electron chi connectivity index (χ1n) is 4.96. The van der Waals surface area contributed by atoms with Gasteiger partial charge in [0.25, 0.3) is 5.91 Å². The lowest BCUT2D eigenvalue weighted by Gasteiger charge is -2.21. The average Bonchev–Trinajstić information content (AvgIpc) is 1.97. The van der Waals surface area contributed by atoms with Crippen molar-refractivity contribution in [2.45, 2.75) is 52.7 Å². The van der Waals surface area contributed by atoms with Crippen LogP contribution in [0.2, 0.25) is 0 Å². The van der Waals surface area contributed by atoms with Crippen LogP contribution in [0.5, 0.6) is 0 Å². The van der Waals surface area contributed by atoms with Crippen LogP contribution in [0.4, 0.5) is 0 Å². The van der Waals surface area contributed by atoms with Crippen molar-refractivity contribution in [1.82, 2.24) is 5.48 Å². The summed E-state index contributed by atoms with van der Waals surface area (Å²) < 4.78 is 0. The van der Waals surface area contributed by atoms with Crippen LogP contribution in [-0.2, 0) is 9.63 Å². The quantitative estimate of drug-likeness (QED) is 0.673. The SMILES string of the molecule is CC(C)C[C@@H](N)C(=O)NOC(C)(C)C. The van der Waals surface area contributed by atoms with Gasteiger partial charge in [0.2, 0.25) is 0 Å². The molecule has 0 aromatic carbocycles. The van der Waals surface area contributed by atoms with Crippen molar-refractivity contribution >= 4 is 5.91 Å². The number of hydroxylamine groups is 1. The van der Waals surface area contributed by atoms with Gasteiger partial charge in [-0.3, -0.25) is 9.63 Å². The Morgan fingerprint density at radius 2 is 1.93 bits per heavy atom. The fraction of sp³-hybridized carbons (Fsp3) is 0.900.